The zero-order valence-electron chi connectivity index (χ0n) is 22.0. The van der Waals surface area contributed by atoms with Crippen molar-refractivity contribution < 1.29 is 28.2 Å². The summed E-state index contributed by atoms with van der Waals surface area (Å²) in [5.41, 5.74) is 1.11. The van der Waals surface area contributed by atoms with Crippen LogP contribution in [0.15, 0.2) is 30.3 Å². The highest BCUT2D eigenvalue weighted by molar-refractivity contribution is 9.10. The lowest BCUT2D eigenvalue weighted by molar-refractivity contribution is -0.198. The summed E-state index contributed by atoms with van der Waals surface area (Å²) in [4.78, 5) is 11.9. The molecule has 0 bridgehead atoms. The zero-order chi connectivity index (χ0) is 26.2. The maximum Gasteiger partial charge on any atom is 0.200 e. The number of methoxy groups -OCH3 is 1. The number of rotatable bonds is 14. The molecule has 1 fully saturated rings. The summed E-state index contributed by atoms with van der Waals surface area (Å²) in [7, 11) is -0.550. The van der Waals surface area contributed by atoms with Crippen molar-refractivity contribution >= 4 is 46.5 Å². The van der Waals surface area contributed by atoms with E-state index in [4.69, 9.17) is 23.4 Å². The van der Waals surface area contributed by atoms with Gasteiger partial charge in [-0.2, -0.15) is 0 Å². The van der Waals surface area contributed by atoms with Crippen molar-refractivity contribution in [3.8, 4) is 0 Å². The van der Waals surface area contributed by atoms with Crippen molar-refractivity contribution in [2.75, 3.05) is 27.1 Å². The van der Waals surface area contributed by atoms with Crippen LogP contribution in [0.2, 0.25) is 16.6 Å². The fraction of sp³-hybridized carbons (Fsp3) is 0.731. The monoisotopic (exact) mass is 636 g/mol. The van der Waals surface area contributed by atoms with Crippen LogP contribution in [0.1, 0.15) is 47.1 Å². The van der Waals surface area contributed by atoms with Crippen LogP contribution in [0, 0.1) is 0 Å². The molecule has 9 heteroatoms. The Hall–Kier alpha value is -0.133. The Kier molecular flexibility index (Phi) is 12.6. The van der Waals surface area contributed by atoms with Crippen LogP contribution in [0.3, 0.4) is 0 Å². The normalized spacial score (nSPS) is 27.7. The van der Waals surface area contributed by atoms with Crippen LogP contribution in [-0.2, 0) is 34.8 Å². The van der Waals surface area contributed by atoms with Gasteiger partial charge in [-0.3, -0.25) is 4.79 Å². The third kappa shape index (κ3) is 7.25. The fourth-order valence-electron chi connectivity index (χ4n) is 5.38. The molecule has 0 unspecified atom stereocenters. The van der Waals surface area contributed by atoms with Gasteiger partial charge in [0.1, 0.15) is 6.79 Å². The third-order valence-electron chi connectivity index (χ3n) is 7.02. The van der Waals surface area contributed by atoms with Crippen LogP contribution >= 0.6 is 31.9 Å². The lowest BCUT2D eigenvalue weighted by Gasteiger charge is -2.49. The smallest absolute Gasteiger partial charge is 0.200 e. The molecular formula is C26H42Br2O6Si. The minimum atomic E-state index is -2.13. The average Bonchev–Trinajstić information content (AvgIpc) is 2.82. The largest absolute Gasteiger partial charge is 0.413 e. The maximum absolute atomic E-state index is 12.6. The Bertz CT molecular complexity index is 744. The predicted octanol–water partition coefficient (Wildman–Crippen LogP) is 6.25. The first-order valence-electron chi connectivity index (χ1n) is 12.3. The summed E-state index contributed by atoms with van der Waals surface area (Å²) < 4.78 is 30.6. The molecule has 35 heavy (non-hydrogen) atoms. The molecule has 0 aromatic heterocycles. The van der Waals surface area contributed by atoms with E-state index < -0.39 is 31.0 Å². The molecule has 200 valence electrons. The predicted molar refractivity (Wildman–Crippen MR) is 149 cm³/mol. The molecule has 1 aliphatic rings. The third-order valence-corrected chi connectivity index (χ3v) is 15.5. The van der Waals surface area contributed by atoms with Crippen LogP contribution in [0.4, 0.5) is 0 Å². The van der Waals surface area contributed by atoms with E-state index in [0.29, 0.717) is 29.8 Å². The van der Waals surface area contributed by atoms with Crippen molar-refractivity contribution in [2.24, 2.45) is 0 Å². The minimum absolute atomic E-state index is 0.0888. The zero-order valence-corrected chi connectivity index (χ0v) is 26.2. The summed E-state index contributed by atoms with van der Waals surface area (Å²) in [6.45, 7) is 14.5. The molecule has 0 spiro atoms. The van der Waals surface area contributed by atoms with E-state index in [1.807, 2.05) is 30.3 Å². The first kappa shape index (κ1) is 31.1. The molecule has 1 aromatic carbocycles. The van der Waals surface area contributed by atoms with E-state index in [9.17, 15) is 4.79 Å². The summed E-state index contributed by atoms with van der Waals surface area (Å²) in [6.07, 6.45) is 0.0418. The second kappa shape index (κ2) is 14.1. The molecule has 2 rings (SSSR count). The first-order valence-corrected chi connectivity index (χ1v) is 16.3. The highest BCUT2D eigenvalue weighted by Crippen LogP contribution is 2.44. The standard InChI is InChI=1S/C26H42Br2O6Si/c1-18(2)35(19(3)4,20(5)6)33-14-22-23(27)24(32-17-30-7)25(28)26(15-29,34-22)16-31-13-21-11-9-8-10-12-21/h8-12,15,18-20,22-25H,13-14,16-17H2,1-7H3/t22-,23+,24+,25+,26-/m0/s1. The number of aldehydes is 1. The number of hydrogen-bond acceptors (Lipinski definition) is 6. The van der Waals surface area contributed by atoms with Gasteiger partial charge in [-0.25, -0.2) is 0 Å². The molecule has 6 nitrogen and oxygen atoms in total. The van der Waals surface area contributed by atoms with Gasteiger partial charge in [0.2, 0.25) is 0 Å². The van der Waals surface area contributed by atoms with E-state index in [1.165, 1.54) is 0 Å². The van der Waals surface area contributed by atoms with Gasteiger partial charge < -0.3 is 23.4 Å². The first-order chi connectivity index (χ1) is 16.6. The van der Waals surface area contributed by atoms with Crippen LogP contribution < -0.4 is 0 Å². The maximum atomic E-state index is 12.6. The van der Waals surface area contributed by atoms with Gasteiger partial charge in [-0.05, 0) is 22.2 Å². The number of hydrogen-bond donors (Lipinski definition) is 0. The average molecular weight is 639 g/mol. The SMILES string of the molecule is COCO[C@@H]1[C@H](Br)[C@H](CO[Si](C(C)C)(C(C)C)C(C)C)O[C@@](C=O)(COCc2ccccc2)[C@@H]1Br. The topological polar surface area (TPSA) is 63.2 Å². The lowest BCUT2D eigenvalue weighted by Crippen LogP contribution is -2.65. The van der Waals surface area contributed by atoms with E-state index >= 15 is 0 Å². The highest BCUT2D eigenvalue weighted by atomic mass is 79.9. The molecule has 1 heterocycles. The van der Waals surface area contributed by atoms with E-state index in [0.717, 1.165) is 11.8 Å². The quantitative estimate of drug-likeness (QED) is 0.104. The van der Waals surface area contributed by atoms with Gasteiger partial charge in [-0.1, -0.05) is 104 Å². The summed E-state index contributed by atoms with van der Waals surface area (Å²) in [5, 5.41) is 0. The van der Waals surface area contributed by atoms with E-state index in [2.05, 4.69) is 73.4 Å². The van der Waals surface area contributed by atoms with E-state index in [1.54, 1.807) is 7.11 Å². The van der Waals surface area contributed by atoms with Gasteiger partial charge in [0.15, 0.2) is 20.2 Å². The Morgan fingerprint density at radius 1 is 1.06 bits per heavy atom. The molecule has 1 saturated heterocycles. The number of benzene rings is 1. The van der Waals surface area contributed by atoms with Gasteiger partial charge in [0.05, 0.1) is 41.7 Å². The molecule has 0 aliphatic carbocycles. The molecule has 0 N–H and O–H groups in total. The summed E-state index contributed by atoms with van der Waals surface area (Å²) >= 11 is 7.50. The highest BCUT2D eigenvalue weighted by Gasteiger charge is 2.55. The Morgan fingerprint density at radius 2 is 1.66 bits per heavy atom. The van der Waals surface area contributed by atoms with Crippen molar-refractivity contribution in [3.63, 3.8) is 0 Å². The van der Waals surface area contributed by atoms with Crippen molar-refractivity contribution in [2.45, 2.75) is 92.2 Å². The van der Waals surface area contributed by atoms with Crippen LogP contribution in [-0.4, -0.2) is 69.2 Å². The Labute approximate surface area is 229 Å². The number of alkyl halides is 2. The summed E-state index contributed by atoms with van der Waals surface area (Å²) in [6, 6.07) is 9.87. The van der Waals surface area contributed by atoms with Crippen LogP contribution in [0.5, 0.6) is 0 Å². The molecule has 0 amide bonds. The van der Waals surface area contributed by atoms with Gasteiger partial charge in [-0.15, -0.1) is 0 Å². The Morgan fingerprint density at radius 3 is 2.17 bits per heavy atom. The Balaban J connectivity index is 2.28. The molecular weight excluding hydrogens is 596 g/mol. The number of carbonyl (C=O) groups is 1. The van der Waals surface area contributed by atoms with Crippen LogP contribution in [0.25, 0.3) is 0 Å². The van der Waals surface area contributed by atoms with Gasteiger partial charge in [0, 0.05) is 7.11 Å². The fourth-order valence-corrected chi connectivity index (χ4v) is 12.8. The summed E-state index contributed by atoms with van der Waals surface area (Å²) in [5.74, 6) is 0. The number of halogens is 2. The second-order valence-electron chi connectivity index (χ2n) is 10.2. The number of ether oxygens (including phenoxy) is 4. The van der Waals surface area contributed by atoms with Crippen molar-refractivity contribution in [3.05, 3.63) is 35.9 Å². The lowest BCUT2D eigenvalue weighted by atomic mass is 9.90. The second-order valence-corrected chi connectivity index (χ2v) is 17.7. The molecule has 0 radical (unpaired) electrons. The minimum Gasteiger partial charge on any atom is -0.413 e. The number of carbonyl (C=O) groups excluding carboxylic acids is 1. The van der Waals surface area contributed by atoms with Crippen molar-refractivity contribution in [1.29, 1.82) is 0 Å². The van der Waals surface area contributed by atoms with Crippen molar-refractivity contribution in [1.82, 2.24) is 0 Å². The van der Waals surface area contributed by atoms with Gasteiger partial charge in [0.25, 0.3) is 0 Å². The molecule has 0 saturated carbocycles. The molecule has 5 atom stereocenters. The molecule has 1 aromatic rings. The van der Waals surface area contributed by atoms with E-state index in [-0.39, 0.29) is 18.2 Å². The molecule has 1 aliphatic heterocycles. The van der Waals surface area contributed by atoms with Gasteiger partial charge >= 0.3 is 0 Å².